The number of thiocarbonyl (C=S) groups is 1. The summed E-state index contributed by atoms with van der Waals surface area (Å²) in [5, 5.41) is 0. The third-order valence-corrected chi connectivity index (χ3v) is 2.64. The van der Waals surface area contributed by atoms with E-state index in [1.165, 1.54) is 13.3 Å². The summed E-state index contributed by atoms with van der Waals surface area (Å²) in [6.45, 7) is 2.28. The van der Waals surface area contributed by atoms with Gasteiger partial charge in [-0.1, -0.05) is 19.1 Å². The van der Waals surface area contributed by atoms with Crippen LogP contribution >= 0.6 is 12.2 Å². The Labute approximate surface area is 111 Å². The fourth-order valence-electron chi connectivity index (χ4n) is 1.43. The highest BCUT2D eigenvalue weighted by Gasteiger charge is 2.16. The van der Waals surface area contributed by atoms with Crippen molar-refractivity contribution in [3.05, 3.63) is 18.1 Å². The van der Waals surface area contributed by atoms with Crippen LogP contribution in [0.1, 0.15) is 12.6 Å². The molecule has 98 valence electrons. The molecule has 18 heavy (non-hydrogen) atoms. The molecule has 0 amide bonds. The minimum atomic E-state index is -0.255. The maximum absolute atomic E-state index is 11.3. The standard InChI is InChI=1S/C11H16N4O2S/c1-7(11(16)17-3)6-15(2)9-5-13-8(4-14-9)10(12)18/h4-5,7H,6H2,1-3H3,(H2,12,18). The first-order chi connectivity index (χ1) is 8.45. The van der Waals surface area contributed by atoms with Crippen LogP contribution < -0.4 is 10.6 Å². The van der Waals surface area contributed by atoms with Crippen molar-refractivity contribution in [1.82, 2.24) is 9.97 Å². The number of methoxy groups -OCH3 is 1. The zero-order valence-electron chi connectivity index (χ0n) is 10.6. The molecule has 1 atom stereocenters. The van der Waals surface area contributed by atoms with Crippen LogP contribution in [0, 0.1) is 5.92 Å². The Morgan fingerprint density at radius 2 is 2.22 bits per heavy atom. The van der Waals surface area contributed by atoms with Crippen LogP contribution in [-0.2, 0) is 9.53 Å². The fourth-order valence-corrected chi connectivity index (χ4v) is 1.53. The van der Waals surface area contributed by atoms with Gasteiger partial charge in [-0.05, 0) is 0 Å². The molecule has 1 heterocycles. The minimum absolute atomic E-state index is 0.208. The van der Waals surface area contributed by atoms with E-state index in [1.54, 1.807) is 13.1 Å². The molecular formula is C11H16N4O2S. The molecule has 0 aromatic carbocycles. The summed E-state index contributed by atoms with van der Waals surface area (Å²) in [6, 6.07) is 0. The van der Waals surface area contributed by atoms with E-state index in [-0.39, 0.29) is 16.9 Å². The number of esters is 1. The normalized spacial score (nSPS) is 11.7. The van der Waals surface area contributed by atoms with Gasteiger partial charge in [-0.2, -0.15) is 0 Å². The van der Waals surface area contributed by atoms with Crippen molar-refractivity contribution >= 4 is 29.0 Å². The molecule has 0 bridgehead atoms. The summed E-state index contributed by atoms with van der Waals surface area (Å²) in [6.07, 6.45) is 3.08. The lowest BCUT2D eigenvalue weighted by Gasteiger charge is -2.20. The lowest BCUT2D eigenvalue weighted by molar-refractivity contribution is -0.144. The first-order valence-electron chi connectivity index (χ1n) is 5.36. The molecule has 0 aliphatic carbocycles. The molecule has 0 radical (unpaired) electrons. The molecule has 7 heteroatoms. The molecule has 0 saturated heterocycles. The summed E-state index contributed by atoms with van der Waals surface area (Å²) >= 11 is 4.79. The number of hydrogen-bond acceptors (Lipinski definition) is 6. The Hall–Kier alpha value is -1.76. The average Bonchev–Trinajstić information content (AvgIpc) is 2.37. The van der Waals surface area contributed by atoms with E-state index in [0.717, 1.165) is 0 Å². The average molecular weight is 268 g/mol. The van der Waals surface area contributed by atoms with Gasteiger partial charge in [0.2, 0.25) is 0 Å². The quantitative estimate of drug-likeness (QED) is 0.609. The lowest BCUT2D eigenvalue weighted by Crippen LogP contribution is -2.30. The van der Waals surface area contributed by atoms with E-state index in [9.17, 15) is 4.79 Å². The highest BCUT2D eigenvalue weighted by Crippen LogP contribution is 2.10. The summed E-state index contributed by atoms with van der Waals surface area (Å²) < 4.78 is 4.66. The fraction of sp³-hybridized carbons (Fsp3) is 0.455. The third kappa shape index (κ3) is 3.63. The largest absolute Gasteiger partial charge is 0.469 e. The van der Waals surface area contributed by atoms with Gasteiger partial charge in [0.25, 0.3) is 0 Å². The Morgan fingerprint density at radius 3 is 2.67 bits per heavy atom. The van der Waals surface area contributed by atoms with E-state index >= 15 is 0 Å². The zero-order chi connectivity index (χ0) is 13.7. The van der Waals surface area contributed by atoms with Crippen LogP contribution in [0.4, 0.5) is 5.82 Å². The topological polar surface area (TPSA) is 81.3 Å². The van der Waals surface area contributed by atoms with Gasteiger partial charge in [0.05, 0.1) is 25.4 Å². The molecule has 0 fully saturated rings. The number of nitrogens with zero attached hydrogens (tertiary/aromatic N) is 3. The van der Waals surface area contributed by atoms with Gasteiger partial charge in [0, 0.05) is 13.6 Å². The molecule has 1 aromatic rings. The zero-order valence-corrected chi connectivity index (χ0v) is 11.4. The van der Waals surface area contributed by atoms with Crippen molar-refractivity contribution in [2.75, 3.05) is 25.6 Å². The summed E-state index contributed by atoms with van der Waals surface area (Å²) in [5.41, 5.74) is 5.91. The molecule has 1 aromatic heterocycles. The number of anilines is 1. The maximum Gasteiger partial charge on any atom is 0.310 e. The molecule has 2 N–H and O–H groups in total. The summed E-state index contributed by atoms with van der Waals surface area (Å²) in [4.78, 5) is 21.6. The summed E-state index contributed by atoms with van der Waals surface area (Å²) in [7, 11) is 3.19. The predicted octanol–water partition coefficient (Wildman–Crippen LogP) is 0.356. The first-order valence-corrected chi connectivity index (χ1v) is 5.77. The molecular weight excluding hydrogens is 252 g/mol. The van der Waals surface area contributed by atoms with E-state index in [1.807, 2.05) is 11.9 Å². The lowest BCUT2D eigenvalue weighted by atomic mass is 10.2. The van der Waals surface area contributed by atoms with E-state index < -0.39 is 0 Å². The number of aromatic nitrogens is 2. The van der Waals surface area contributed by atoms with Gasteiger partial charge in [-0.3, -0.25) is 4.79 Å². The smallest absolute Gasteiger partial charge is 0.310 e. The molecule has 1 unspecified atom stereocenters. The number of hydrogen-bond donors (Lipinski definition) is 1. The monoisotopic (exact) mass is 268 g/mol. The molecule has 1 rings (SSSR count). The number of carbonyl (C=O) groups is 1. The number of ether oxygens (including phenoxy) is 1. The van der Waals surface area contributed by atoms with Gasteiger partial charge in [0.15, 0.2) is 0 Å². The van der Waals surface area contributed by atoms with Crippen molar-refractivity contribution in [3.8, 4) is 0 Å². The Kier molecular flexibility index (Phi) is 4.96. The van der Waals surface area contributed by atoms with Crippen LogP contribution in [-0.4, -0.2) is 41.6 Å². The van der Waals surface area contributed by atoms with Crippen molar-refractivity contribution in [3.63, 3.8) is 0 Å². The van der Waals surface area contributed by atoms with Gasteiger partial charge in [-0.15, -0.1) is 0 Å². The molecule has 0 aliphatic rings. The first kappa shape index (κ1) is 14.3. The second-order valence-electron chi connectivity index (χ2n) is 3.93. The number of rotatable bonds is 5. The molecule has 0 saturated carbocycles. The van der Waals surface area contributed by atoms with Crippen molar-refractivity contribution in [2.45, 2.75) is 6.92 Å². The Balaban J connectivity index is 2.69. The van der Waals surface area contributed by atoms with Gasteiger partial charge >= 0.3 is 5.97 Å². The molecule has 6 nitrogen and oxygen atoms in total. The van der Waals surface area contributed by atoms with Gasteiger partial charge < -0.3 is 15.4 Å². The highest BCUT2D eigenvalue weighted by atomic mass is 32.1. The Bertz CT molecular complexity index is 435. The molecule has 0 spiro atoms. The molecule has 0 aliphatic heterocycles. The number of carbonyl (C=O) groups excluding carboxylic acids is 1. The van der Waals surface area contributed by atoms with Crippen LogP contribution in [0.25, 0.3) is 0 Å². The van der Waals surface area contributed by atoms with Crippen molar-refractivity contribution in [1.29, 1.82) is 0 Å². The summed E-state index contributed by atoms with van der Waals surface area (Å²) in [5.74, 6) is 0.150. The third-order valence-electron chi connectivity index (χ3n) is 2.43. The SMILES string of the molecule is COC(=O)C(C)CN(C)c1cnc(C(N)=S)cn1. The predicted molar refractivity (Wildman–Crippen MR) is 72.4 cm³/mol. The second-order valence-corrected chi connectivity index (χ2v) is 4.37. The van der Waals surface area contributed by atoms with Gasteiger partial charge in [0.1, 0.15) is 16.5 Å². The maximum atomic E-state index is 11.3. The van der Waals surface area contributed by atoms with Crippen LogP contribution in [0.2, 0.25) is 0 Å². The highest BCUT2D eigenvalue weighted by molar-refractivity contribution is 7.80. The van der Waals surface area contributed by atoms with Crippen LogP contribution in [0.3, 0.4) is 0 Å². The van der Waals surface area contributed by atoms with Crippen LogP contribution in [0.15, 0.2) is 12.4 Å². The van der Waals surface area contributed by atoms with Crippen LogP contribution in [0.5, 0.6) is 0 Å². The van der Waals surface area contributed by atoms with E-state index in [4.69, 9.17) is 18.0 Å². The van der Waals surface area contributed by atoms with E-state index in [0.29, 0.717) is 18.1 Å². The van der Waals surface area contributed by atoms with E-state index in [2.05, 4.69) is 14.7 Å². The van der Waals surface area contributed by atoms with Crippen molar-refractivity contribution in [2.24, 2.45) is 11.7 Å². The second kappa shape index (κ2) is 6.25. The minimum Gasteiger partial charge on any atom is -0.469 e. The van der Waals surface area contributed by atoms with Gasteiger partial charge in [-0.25, -0.2) is 9.97 Å². The number of nitrogens with two attached hydrogens (primary N) is 1. The van der Waals surface area contributed by atoms with Crippen molar-refractivity contribution < 1.29 is 9.53 Å². The Morgan fingerprint density at radius 1 is 1.56 bits per heavy atom.